The number of methoxy groups -OCH3 is 1. The van der Waals surface area contributed by atoms with E-state index in [9.17, 15) is 4.79 Å². The van der Waals surface area contributed by atoms with Crippen molar-refractivity contribution < 1.29 is 9.53 Å². The predicted octanol–water partition coefficient (Wildman–Crippen LogP) is 4.28. The van der Waals surface area contributed by atoms with E-state index in [-0.39, 0.29) is 12.1 Å². The Hall–Kier alpha value is -3.27. The zero-order valence-electron chi connectivity index (χ0n) is 14.7. The van der Waals surface area contributed by atoms with Gasteiger partial charge in [-0.25, -0.2) is 4.79 Å². The molecule has 0 heterocycles. The smallest absolute Gasteiger partial charge is 0.315 e. The van der Waals surface area contributed by atoms with Gasteiger partial charge in [0.1, 0.15) is 5.75 Å². The number of ether oxygens (including phenoxy) is 1. The average Bonchev–Trinajstić information content (AvgIpc) is 2.72. The Kier molecular flexibility index (Phi) is 5.88. The number of hydrogen-bond acceptors (Lipinski definition) is 2. The van der Waals surface area contributed by atoms with Gasteiger partial charge in [-0.2, -0.15) is 0 Å². The molecule has 0 aliphatic heterocycles. The molecule has 0 saturated carbocycles. The Morgan fingerprint density at radius 2 is 1.38 bits per heavy atom. The first kappa shape index (κ1) is 17.5. The topological polar surface area (TPSA) is 50.4 Å². The maximum Gasteiger partial charge on any atom is 0.315 e. The first-order valence-electron chi connectivity index (χ1n) is 8.53. The Balaban J connectivity index is 1.67. The minimum Gasteiger partial charge on any atom is -0.497 e. The van der Waals surface area contributed by atoms with Crippen LogP contribution < -0.4 is 15.4 Å². The van der Waals surface area contributed by atoms with E-state index in [4.69, 9.17) is 4.74 Å². The van der Waals surface area contributed by atoms with Crippen molar-refractivity contribution in [2.75, 3.05) is 7.11 Å². The minimum atomic E-state index is -0.210. The van der Waals surface area contributed by atoms with Crippen LogP contribution in [0.3, 0.4) is 0 Å². The fourth-order valence-corrected chi connectivity index (χ4v) is 2.76. The van der Waals surface area contributed by atoms with Crippen molar-refractivity contribution in [3.63, 3.8) is 0 Å². The van der Waals surface area contributed by atoms with E-state index in [2.05, 4.69) is 10.6 Å². The summed E-state index contributed by atoms with van der Waals surface area (Å²) in [7, 11) is 1.63. The third-order valence-electron chi connectivity index (χ3n) is 4.15. The van der Waals surface area contributed by atoms with Crippen LogP contribution in [0, 0.1) is 0 Å². The largest absolute Gasteiger partial charge is 0.497 e. The van der Waals surface area contributed by atoms with Gasteiger partial charge in [-0.3, -0.25) is 0 Å². The highest BCUT2D eigenvalue weighted by atomic mass is 16.5. The molecular formula is C22H22N2O2. The highest BCUT2D eigenvalue weighted by Crippen LogP contribution is 2.21. The van der Waals surface area contributed by atoms with Crippen molar-refractivity contribution >= 4 is 6.03 Å². The van der Waals surface area contributed by atoms with Crippen LogP contribution in [0.5, 0.6) is 5.75 Å². The summed E-state index contributed by atoms with van der Waals surface area (Å²) in [5.74, 6) is 0.798. The fraction of sp³-hybridized carbons (Fsp3) is 0.136. The molecule has 3 aromatic rings. The molecule has 132 valence electrons. The molecule has 0 aromatic heterocycles. The molecule has 4 heteroatoms. The van der Waals surface area contributed by atoms with Crippen molar-refractivity contribution in [2.24, 2.45) is 0 Å². The maximum atomic E-state index is 12.4. The van der Waals surface area contributed by atoms with Gasteiger partial charge in [0.05, 0.1) is 13.2 Å². The highest BCUT2D eigenvalue weighted by molar-refractivity contribution is 5.75. The number of amides is 2. The van der Waals surface area contributed by atoms with Gasteiger partial charge in [0.2, 0.25) is 0 Å². The third-order valence-corrected chi connectivity index (χ3v) is 4.15. The first-order valence-corrected chi connectivity index (χ1v) is 8.53. The molecule has 4 nitrogen and oxygen atoms in total. The molecule has 2 N–H and O–H groups in total. The number of carbonyl (C=O) groups is 1. The molecule has 0 bridgehead atoms. The van der Waals surface area contributed by atoms with Gasteiger partial charge < -0.3 is 15.4 Å². The minimum absolute atomic E-state index is 0.201. The van der Waals surface area contributed by atoms with Crippen molar-refractivity contribution in [1.29, 1.82) is 0 Å². The summed E-state index contributed by atoms with van der Waals surface area (Å²) in [6, 6.07) is 27.1. The molecule has 0 aliphatic carbocycles. The lowest BCUT2D eigenvalue weighted by molar-refractivity contribution is 0.238. The zero-order chi connectivity index (χ0) is 18.2. The molecule has 0 saturated heterocycles. The molecule has 0 radical (unpaired) electrons. The summed E-state index contributed by atoms with van der Waals surface area (Å²) in [6.07, 6.45) is 0. The van der Waals surface area contributed by atoms with Crippen molar-refractivity contribution in [3.05, 3.63) is 102 Å². The van der Waals surface area contributed by atoms with Crippen molar-refractivity contribution in [3.8, 4) is 5.75 Å². The Bertz CT molecular complexity index is 778. The van der Waals surface area contributed by atoms with Crippen LogP contribution in [0.2, 0.25) is 0 Å². The summed E-state index contributed by atoms with van der Waals surface area (Å²) in [5, 5.41) is 5.98. The number of urea groups is 1. The van der Waals surface area contributed by atoms with Gasteiger partial charge in [0, 0.05) is 6.54 Å². The van der Waals surface area contributed by atoms with Crippen LogP contribution in [0.4, 0.5) is 4.79 Å². The molecule has 3 aromatic carbocycles. The van der Waals surface area contributed by atoms with Gasteiger partial charge in [-0.1, -0.05) is 72.8 Å². The van der Waals surface area contributed by atoms with Crippen LogP contribution in [-0.2, 0) is 6.54 Å². The summed E-state index contributed by atoms with van der Waals surface area (Å²) >= 11 is 0. The predicted molar refractivity (Wildman–Crippen MR) is 103 cm³/mol. The molecule has 26 heavy (non-hydrogen) atoms. The molecule has 0 unspecified atom stereocenters. The van der Waals surface area contributed by atoms with E-state index < -0.39 is 0 Å². The van der Waals surface area contributed by atoms with Crippen molar-refractivity contribution in [1.82, 2.24) is 10.6 Å². The second kappa shape index (κ2) is 8.72. The Morgan fingerprint density at radius 3 is 1.88 bits per heavy atom. The second-order valence-corrected chi connectivity index (χ2v) is 5.93. The van der Waals surface area contributed by atoms with E-state index in [0.717, 1.165) is 22.4 Å². The molecular weight excluding hydrogens is 324 g/mol. The van der Waals surface area contributed by atoms with Crippen LogP contribution in [0.15, 0.2) is 84.9 Å². The van der Waals surface area contributed by atoms with Crippen LogP contribution in [-0.4, -0.2) is 13.1 Å². The molecule has 0 aliphatic rings. The standard InChI is InChI=1S/C22H22N2O2/c1-26-20-14-12-17(13-15-20)16-23-22(25)24-21(18-8-4-2-5-9-18)19-10-6-3-7-11-19/h2-15,21H,16H2,1H3,(H2,23,24,25). The zero-order valence-corrected chi connectivity index (χ0v) is 14.7. The van der Waals surface area contributed by atoms with E-state index >= 15 is 0 Å². The lowest BCUT2D eigenvalue weighted by Crippen LogP contribution is -2.38. The summed E-state index contributed by atoms with van der Waals surface area (Å²) in [4.78, 5) is 12.4. The van der Waals surface area contributed by atoms with Gasteiger partial charge >= 0.3 is 6.03 Å². The molecule has 3 rings (SSSR count). The van der Waals surface area contributed by atoms with Crippen LogP contribution >= 0.6 is 0 Å². The summed E-state index contributed by atoms with van der Waals surface area (Å²) < 4.78 is 5.15. The van der Waals surface area contributed by atoms with Gasteiger partial charge in [0.25, 0.3) is 0 Å². The molecule has 0 atom stereocenters. The summed E-state index contributed by atoms with van der Waals surface area (Å²) in [5.41, 5.74) is 3.09. The van der Waals surface area contributed by atoms with E-state index in [1.54, 1.807) is 7.11 Å². The van der Waals surface area contributed by atoms with Gasteiger partial charge in [-0.05, 0) is 28.8 Å². The Morgan fingerprint density at radius 1 is 0.846 bits per heavy atom. The SMILES string of the molecule is COc1ccc(CNC(=O)NC(c2ccccc2)c2ccccc2)cc1. The lowest BCUT2D eigenvalue weighted by Gasteiger charge is -2.20. The third kappa shape index (κ3) is 4.63. The maximum absolute atomic E-state index is 12.4. The van der Waals surface area contributed by atoms with Crippen molar-refractivity contribution in [2.45, 2.75) is 12.6 Å². The van der Waals surface area contributed by atoms with Crippen LogP contribution in [0.25, 0.3) is 0 Å². The lowest BCUT2D eigenvalue weighted by atomic mass is 9.99. The molecule has 0 fully saturated rings. The quantitative estimate of drug-likeness (QED) is 0.700. The first-order chi connectivity index (χ1) is 12.8. The summed E-state index contributed by atoms with van der Waals surface area (Å²) in [6.45, 7) is 0.451. The van der Waals surface area contributed by atoms with Gasteiger partial charge in [-0.15, -0.1) is 0 Å². The average molecular weight is 346 g/mol. The van der Waals surface area contributed by atoms with Crippen LogP contribution in [0.1, 0.15) is 22.7 Å². The molecule has 0 spiro atoms. The normalized spacial score (nSPS) is 10.4. The van der Waals surface area contributed by atoms with E-state index in [0.29, 0.717) is 6.54 Å². The monoisotopic (exact) mass is 346 g/mol. The van der Waals surface area contributed by atoms with E-state index in [1.807, 2.05) is 84.9 Å². The molecule has 2 amide bonds. The number of nitrogens with one attached hydrogen (secondary N) is 2. The number of hydrogen-bond donors (Lipinski definition) is 2. The Labute approximate surface area is 153 Å². The van der Waals surface area contributed by atoms with Gasteiger partial charge in [0.15, 0.2) is 0 Å². The fourth-order valence-electron chi connectivity index (χ4n) is 2.76. The van der Waals surface area contributed by atoms with E-state index in [1.165, 1.54) is 0 Å². The highest BCUT2D eigenvalue weighted by Gasteiger charge is 2.16. The number of rotatable bonds is 6. The number of benzene rings is 3. The number of carbonyl (C=O) groups excluding carboxylic acids is 1. The second-order valence-electron chi connectivity index (χ2n) is 5.93.